The average Bonchev–Trinajstić information content (AvgIpc) is 3.14. The molecule has 1 saturated carbocycles. The van der Waals surface area contributed by atoms with Crippen LogP contribution in [0.15, 0.2) is 42.6 Å². The number of carbonyl (C=O) groups excluding carboxylic acids is 2. The number of nitrogens with zero attached hydrogens (tertiary/aromatic N) is 2. The van der Waals surface area contributed by atoms with Gasteiger partial charge in [0.1, 0.15) is 5.69 Å². The van der Waals surface area contributed by atoms with Gasteiger partial charge in [-0.15, -0.1) is 0 Å². The molecule has 2 amide bonds. The smallest absolute Gasteiger partial charge is 0.272 e. The van der Waals surface area contributed by atoms with Crippen LogP contribution in [0.3, 0.4) is 0 Å². The molecule has 0 unspecified atom stereocenters. The minimum Gasteiger partial charge on any atom is -0.393 e. The third-order valence-electron chi connectivity index (χ3n) is 5.40. The van der Waals surface area contributed by atoms with E-state index in [1.165, 1.54) is 6.07 Å². The van der Waals surface area contributed by atoms with Crippen molar-refractivity contribution in [1.29, 1.82) is 0 Å². The van der Waals surface area contributed by atoms with Crippen LogP contribution in [0.5, 0.6) is 0 Å². The molecule has 0 radical (unpaired) electrons. The topological polar surface area (TPSA) is 112 Å². The second-order valence-corrected chi connectivity index (χ2v) is 7.32. The number of nitrogens with one attached hydrogen (secondary N) is 1. The first-order valence-electron chi connectivity index (χ1n) is 9.23. The Labute approximate surface area is 162 Å². The van der Waals surface area contributed by atoms with Crippen molar-refractivity contribution < 1.29 is 14.7 Å². The van der Waals surface area contributed by atoms with Crippen LogP contribution in [0.2, 0.25) is 0 Å². The molecular formula is C21H22N4O3. The summed E-state index contributed by atoms with van der Waals surface area (Å²) in [7, 11) is 1.69. The van der Waals surface area contributed by atoms with Crippen LogP contribution < -0.4 is 5.73 Å². The molecule has 1 aliphatic carbocycles. The predicted octanol–water partition coefficient (Wildman–Crippen LogP) is 1.85. The van der Waals surface area contributed by atoms with Gasteiger partial charge in [0.05, 0.1) is 6.10 Å². The van der Waals surface area contributed by atoms with E-state index >= 15 is 0 Å². The molecular weight excluding hydrogens is 356 g/mol. The predicted molar refractivity (Wildman–Crippen MR) is 105 cm³/mol. The lowest BCUT2D eigenvalue weighted by Crippen LogP contribution is -2.48. The summed E-state index contributed by atoms with van der Waals surface area (Å²) in [5, 5.41) is 10.6. The fourth-order valence-electron chi connectivity index (χ4n) is 3.65. The summed E-state index contributed by atoms with van der Waals surface area (Å²) < 4.78 is 0. The zero-order valence-electron chi connectivity index (χ0n) is 15.6. The van der Waals surface area contributed by atoms with Gasteiger partial charge in [0.25, 0.3) is 5.91 Å². The molecule has 4 rings (SSSR count). The molecule has 7 nitrogen and oxygen atoms in total. The number of nitrogens with two attached hydrogens (primary N) is 1. The minimum absolute atomic E-state index is 0.0152. The van der Waals surface area contributed by atoms with Gasteiger partial charge in [-0.25, -0.2) is 4.98 Å². The number of aromatic nitrogens is 2. The van der Waals surface area contributed by atoms with Crippen LogP contribution in [-0.2, 0) is 6.42 Å². The van der Waals surface area contributed by atoms with Crippen LogP contribution in [0.1, 0.15) is 44.9 Å². The normalized spacial score (nSPS) is 18.6. The van der Waals surface area contributed by atoms with Gasteiger partial charge in [-0.2, -0.15) is 0 Å². The lowest BCUT2D eigenvalue weighted by atomic mass is 9.88. The standard InChI is InChI=1S/C21H22N4O3/c1-25(15-10-16(26)11-15)21(28)19-9-13(20(22)27)8-14(24-19)7-12-3-2-4-18-17(12)5-6-23-18/h2-6,8-9,15-16,23,26H,7,10-11H2,1H3,(H2,22,27)/t15-,16-. The van der Waals surface area contributed by atoms with Gasteiger partial charge in [0.15, 0.2) is 0 Å². The SMILES string of the molecule is CN(C(=O)c1cc(C(N)=O)cc(Cc2cccc3[nH]ccc23)n1)[C@H]1C[C@H](O)C1. The van der Waals surface area contributed by atoms with Gasteiger partial charge in [0, 0.05) is 47.9 Å². The number of rotatable bonds is 5. The maximum Gasteiger partial charge on any atom is 0.272 e. The van der Waals surface area contributed by atoms with Crippen molar-refractivity contribution in [3.63, 3.8) is 0 Å². The number of amides is 2. The number of pyridine rings is 1. The molecule has 0 aliphatic heterocycles. The number of aliphatic hydroxyl groups excluding tert-OH is 1. The molecule has 1 fully saturated rings. The number of carbonyl (C=O) groups is 2. The van der Waals surface area contributed by atoms with E-state index < -0.39 is 5.91 Å². The summed E-state index contributed by atoms with van der Waals surface area (Å²) in [6.45, 7) is 0. The Morgan fingerprint density at radius 3 is 2.79 bits per heavy atom. The Morgan fingerprint density at radius 2 is 2.07 bits per heavy atom. The number of aliphatic hydroxyl groups is 1. The van der Waals surface area contributed by atoms with Crippen molar-refractivity contribution in [3.8, 4) is 0 Å². The van der Waals surface area contributed by atoms with Crippen molar-refractivity contribution in [3.05, 3.63) is 65.1 Å². The summed E-state index contributed by atoms with van der Waals surface area (Å²) >= 11 is 0. The number of fused-ring (bicyclic) bond motifs is 1. The van der Waals surface area contributed by atoms with Crippen molar-refractivity contribution in [1.82, 2.24) is 14.9 Å². The van der Waals surface area contributed by atoms with Crippen molar-refractivity contribution in [2.75, 3.05) is 7.05 Å². The summed E-state index contributed by atoms with van der Waals surface area (Å²) in [6, 6.07) is 11.0. The zero-order valence-corrected chi connectivity index (χ0v) is 15.6. The van der Waals surface area contributed by atoms with Crippen molar-refractivity contribution in [2.45, 2.75) is 31.4 Å². The van der Waals surface area contributed by atoms with Crippen molar-refractivity contribution in [2.24, 2.45) is 5.73 Å². The second kappa shape index (κ2) is 7.09. The minimum atomic E-state index is -0.598. The molecule has 7 heteroatoms. The molecule has 0 atom stereocenters. The number of hydrogen-bond acceptors (Lipinski definition) is 4. The average molecular weight is 378 g/mol. The lowest BCUT2D eigenvalue weighted by Gasteiger charge is -2.38. The van der Waals surface area contributed by atoms with E-state index in [0.29, 0.717) is 25.0 Å². The molecule has 0 saturated heterocycles. The van der Waals surface area contributed by atoms with E-state index in [1.54, 1.807) is 18.0 Å². The molecule has 2 heterocycles. The van der Waals surface area contributed by atoms with E-state index in [0.717, 1.165) is 16.5 Å². The van der Waals surface area contributed by atoms with Crippen LogP contribution >= 0.6 is 0 Å². The molecule has 2 aromatic heterocycles. The van der Waals surface area contributed by atoms with Gasteiger partial charge < -0.3 is 20.7 Å². The van der Waals surface area contributed by atoms with Gasteiger partial charge >= 0.3 is 0 Å². The van der Waals surface area contributed by atoms with Gasteiger partial charge in [-0.1, -0.05) is 12.1 Å². The third-order valence-corrected chi connectivity index (χ3v) is 5.40. The Kier molecular flexibility index (Phi) is 4.60. The third kappa shape index (κ3) is 3.36. The lowest BCUT2D eigenvalue weighted by molar-refractivity contribution is 0.0129. The molecule has 0 bridgehead atoms. The Hall–Kier alpha value is -3.19. The van der Waals surface area contributed by atoms with E-state index in [1.807, 2.05) is 30.5 Å². The number of H-pyrrole nitrogens is 1. The van der Waals surface area contributed by atoms with Gasteiger partial charge in [-0.3, -0.25) is 9.59 Å². The molecule has 3 aromatic rings. The first kappa shape index (κ1) is 18.2. The quantitative estimate of drug-likeness (QED) is 0.629. The summed E-state index contributed by atoms with van der Waals surface area (Å²) in [6.07, 6.45) is 3.10. The van der Waals surface area contributed by atoms with Crippen LogP contribution in [0, 0.1) is 0 Å². The first-order valence-corrected chi connectivity index (χ1v) is 9.23. The van der Waals surface area contributed by atoms with Crippen LogP contribution in [0.25, 0.3) is 10.9 Å². The molecule has 0 spiro atoms. The van der Waals surface area contributed by atoms with E-state index in [9.17, 15) is 14.7 Å². The summed E-state index contributed by atoms with van der Waals surface area (Å²) in [5.41, 5.74) is 8.60. The number of hydrogen-bond donors (Lipinski definition) is 3. The highest BCUT2D eigenvalue weighted by Gasteiger charge is 2.33. The van der Waals surface area contributed by atoms with E-state index in [-0.39, 0.29) is 29.3 Å². The summed E-state index contributed by atoms with van der Waals surface area (Å²) in [4.78, 5) is 33.9. The Balaban J connectivity index is 1.67. The number of primary amides is 1. The second-order valence-electron chi connectivity index (χ2n) is 7.32. The fraction of sp³-hybridized carbons (Fsp3) is 0.286. The highest BCUT2D eigenvalue weighted by molar-refractivity contribution is 5.98. The Morgan fingerprint density at radius 1 is 1.29 bits per heavy atom. The first-order chi connectivity index (χ1) is 13.4. The molecule has 1 aliphatic rings. The van der Waals surface area contributed by atoms with Gasteiger partial charge in [0.2, 0.25) is 5.91 Å². The number of aromatic amines is 1. The highest BCUT2D eigenvalue weighted by atomic mass is 16.3. The van der Waals surface area contributed by atoms with Crippen molar-refractivity contribution >= 4 is 22.7 Å². The maximum atomic E-state index is 12.9. The molecule has 1 aromatic carbocycles. The monoisotopic (exact) mass is 378 g/mol. The molecule has 28 heavy (non-hydrogen) atoms. The van der Waals surface area contributed by atoms with E-state index in [4.69, 9.17) is 5.73 Å². The van der Waals surface area contributed by atoms with Crippen LogP contribution in [0.4, 0.5) is 0 Å². The van der Waals surface area contributed by atoms with E-state index in [2.05, 4.69) is 9.97 Å². The molecule has 144 valence electrons. The highest BCUT2D eigenvalue weighted by Crippen LogP contribution is 2.26. The largest absolute Gasteiger partial charge is 0.393 e. The maximum absolute atomic E-state index is 12.9. The Bertz CT molecular complexity index is 1050. The van der Waals surface area contributed by atoms with Crippen LogP contribution in [-0.4, -0.2) is 51.0 Å². The fourth-order valence-corrected chi connectivity index (χ4v) is 3.65. The molecule has 4 N–H and O–H groups in total. The zero-order chi connectivity index (χ0) is 19.8. The number of benzene rings is 1. The summed E-state index contributed by atoms with van der Waals surface area (Å²) in [5.74, 6) is -0.875. The van der Waals surface area contributed by atoms with Gasteiger partial charge in [-0.05, 0) is 42.7 Å².